The Morgan fingerprint density at radius 1 is 1.29 bits per heavy atom. The van der Waals surface area contributed by atoms with E-state index in [1.165, 1.54) is 38.6 Å². The number of ether oxygens (including phenoxy) is 1. The largest absolute Gasteiger partial charge is 0.377 e. The molecule has 0 aromatic heterocycles. The fourth-order valence-electron chi connectivity index (χ4n) is 4.59. The molecule has 3 atom stereocenters. The van der Waals surface area contributed by atoms with E-state index in [-0.39, 0.29) is 5.54 Å². The highest BCUT2D eigenvalue weighted by Crippen LogP contribution is 2.46. The SMILES string of the molecule is CCCOC1CCCN(C2(CN)CCC(C)(C)CC2C)C1. The summed E-state index contributed by atoms with van der Waals surface area (Å²) in [5, 5.41) is 0. The molecule has 1 aliphatic heterocycles. The smallest absolute Gasteiger partial charge is 0.0702 e. The molecule has 1 saturated heterocycles. The lowest BCUT2D eigenvalue weighted by Crippen LogP contribution is -2.63. The third kappa shape index (κ3) is 3.80. The molecule has 0 bridgehead atoms. The van der Waals surface area contributed by atoms with E-state index in [0.717, 1.165) is 26.1 Å². The monoisotopic (exact) mass is 296 g/mol. The van der Waals surface area contributed by atoms with Crippen LogP contribution in [0.15, 0.2) is 0 Å². The Morgan fingerprint density at radius 2 is 2.05 bits per heavy atom. The number of nitrogens with zero attached hydrogens (tertiary/aromatic N) is 1. The van der Waals surface area contributed by atoms with Crippen molar-refractivity contribution >= 4 is 0 Å². The highest BCUT2D eigenvalue weighted by Gasteiger charge is 2.47. The lowest BCUT2D eigenvalue weighted by molar-refractivity contribution is -0.0773. The van der Waals surface area contributed by atoms with Crippen molar-refractivity contribution in [1.29, 1.82) is 0 Å². The van der Waals surface area contributed by atoms with Crippen molar-refractivity contribution < 1.29 is 4.74 Å². The predicted octanol–water partition coefficient (Wildman–Crippen LogP) is 3.42. The van der Waals surface area contributed by atoms with Crippen LogP contribution in [-0.2, 0) is 4.74 Å². The zero-order chi connectivity index (χ0) is 15.5. The molecule has 3 unspecified atom stereocenters. The van der Waals surface area contributed by atoms with Gasteiger partial charge in [0.2, 0.25) is 0 Å². The van der Waals surface area contributed by atoms with Crippen LogP contribution in [0.1, 0.15) is 66.2 Å². The van der Waals surface area contributed by atoms with Gasteiger partial charge >= 0.3 is 0 Å². The first kappa shape index (κ1) is 17.2. The maximum Gasteiger partial charge on any atom is 0.0702 e. The first-order chi connectivity index (χ1) is 9.93. The molecule has 1 aliphatic carbocycles. The average Bonchev–Trinajstić information content (AvgIpc) is 2.45. The Hall–Kier alpha value is -0.120. The highest BCUT2D eigenvalue weighted by atomic mass is 16.5. The van der Waals surface area contributed by atoms with E-state index in [9.17, 15) is 0 Å². The predicted molar refractivity (Wildman–Crippen MR) is 89.4 cm³/mol. The summed E-state index contributed by atoms with van der Waals surface area (Å²) in [6.07, 6.45) is 7.85. The van der Waals surface area contributed by atoms with E-state index in [4.69, 9.17) is 10.5 Å². The zero-order valence-corrected chi connectivity index (χ0v) is 14.7. The van der Waals surface area contributed by atoms with Gasteiger partial charge in [0.25, 0.3) is 0 Å². The van der Waals surface area contributed by atoms with Crippen molar-refractivity contribution in [1.82, 2.24) is 4.90 Å². The number of piperidine rings is 1. The number of nitrogens with two attached hydrogens (primary N) is 1. The molecule has 1 saturated carbocycles. The van der Waals surface area contributed by atoms with Crippen molar-refractivity contribution in [2.24, 2.45) is 17.1 Å². The minimum Gasteiger partial charge on any atom is -0.377 e. The standard InChI is InChI=1S/C18H36N2O/c1-5-11-21-16-7-6-10-20(13-16)18(14-19)9-8-17(3,4)12-15(18)2/h15-16H,5-14,19H2,1-4H3. The minimum atomic E-state index is 0.212. The molecule has 1 heterocycles. The van der Waals surface area contributed by atoms with Crippen LogP contribution in [-0.4, -0.2) is 42.8 Å². The topological polar surface area (TPSA) is 38.5 Å². The summed E-state index contributed by atoms with van der Waals surface area (Å²) in [4.78, 5) is 2.69. The molecule has 0 amide bonds. The summed E-state index contributed by atoms with van der Waals surface area (Å²) in [6.45, 7) is 13.4. The van der Waals surface area contributed by atoms with E-state index < -0.39 is 0 Å². The van der Waals surface area contributed by atoms with Crippen LogP contribution >= 0.6 is 0 Å². The molecule has 2 aliphatic rings. The Morgan fingerprint density at radius 3 is 2.67 bits per heavy atom. The van der Waals surface area contributed by atoms with Crippen LogP contribution < -0.4 is 5.73 Å². The van der Waals surface area contributed by atoms with E-state index in [2.05, 4.69) is 32.6 Å². The Kier molecular flexibility index (Phi) is 5.72. The number of hydrogen-bond acceptors (Lipinski definition) is 3. The second-order valence-electron chi connectivity index (χ2n) is 8.16. The lowest BCUT2D eigenvalue weighted by Gasteiger charge is -2.55. The summed E-state index contributed by atoms with van der Waals surface area (Å²) in [6, 6.07) is 0. The molecule has 2 N–H and O–H groups in total. The summed E-state index contributed by atoms with van der Waals surface area (Å²) >= 11 is 0. The van der Waals surface area contributed by atoms with Crippen LogP contribution in [0.25, 0.3) is 0 Å². The van der Waals surface area contributed by atoms with Crippen LogP contribution in [0.4, 0.5) is 0 Å². The second kappa shape index (κ2) is 6.97. The summed E-state index contributed by atoms with van der Waals surface area (Å²) in [7, 11) is 0. The van der Waals surface area contributed by atoms with Gasteiger partial charge in [-0.05, 0) is 56.4 Å². The molecule has 0 radical (unpaired) electrons. The second-order valence-corrected chi connectivity index (χ2v) is 8.16. The fraction of sp³-hybridized carbons (Fsp3) is 1.00. The fourth-order valence-corrected chi connectivity index (χ4v) is 4.59. The number of hydrogen-bond donors (Lipinski definition) is 1. The summed E-state index contributed by atoms with van der Waals surface area (Å²) in [5.41, 5.74) is 7.00. The van der Waals surface area contributed by atoms with Gasteiger partial charge in [0.1, 0.15) is 0 Å². The highest BCUT2D eigenvalue weighted by molar-refractivity contribution is 5.03. The molecule has 0 aromatic rings. The molecule has 3 nitrogen and oxygen atoms in total. The van der Waals surface area contributed by atoms with E-state index in [1.54, 1.807) is 0 Å². The van der Waals surface area contributed by atoms with Crippen molar-refractivity contribution in [2.75, 3.05) is 26.2 Å². The van der Waals surface area contributed by atoms with Crippen molar-refractivity contribution in [3.05, 3.63) is 0 Å². The molecule has 21 heavy (non-hydrogen) atoms. The third-order valence-electron chi connectivity index (χ3n) is 5.93. The van der Waals surface area contributed by atoms with Crippen LogP contribution in [0, 0.1) is 11.3 Å². The van der Waals surface area contributed by atoms with Gasteiger partial charge in [0, 0.05) is 25.2 Å². The molecule has 3 heteroatoms. The van der Waals surface area contributed by atoms with Gasteiger partial charge in [-0.15, -0.1) is 0 Å². The van der Waals surface area contributed by atoms with Gasteiger partial charge in [-0.1, -0.05) is 27.7 Å². The zero-order valence-electron chi connectivity index (χ0n) is 14.7. The lowest BCUT2D eigenvalue weighted by atomic mass is 9.63. The first-order valence-electron chi connectivity index (χ1n) is 9.00. The van der Waals surface area contributed by atoms with Gasteiger partial charge in [-0.2, -0.15) is 0 Å². The van der Waals surface area contributed by atoms with E-state index in [1.807, 2.05) is 0 Å². The van der Waals surface area contributed by atoms with Gasteiger partial charge in [0.05, 0.1) is 6.10 Å². The molecule has 124 valence electrons. The Bertz CT molecular complexity index is 331. The first-order valence-corrected chi connectivity index (χ1v) is 9.00. The van der Waals surface area contributed by atoms with Crippen LogP contribution in [0.3, 0.4) is 0 Å². The molecular formula is C18H36N2O. The van der Waals surface area contributed by atoms with E-state index >= 15 is 0 Å². The van der Waals surface area contributed by atoms with Crippen LogP contribution in [0.2, 0.25) is 0 Å². The molecule has 2 fully saturated rings. The maximum absolute atomic E-state index is 6.31. The third-order valence-corrected chi connectivity index (χ3v) is 5.93. The van der Waals surface area contributed by atoms with Crippen molar-refractivity contribution in [2.45, 2.75) is 77.9 Å². The molecule has 0 aromatic carbocycles. The van der Waals surface area contributed by atoms with Gasteiger partial charge in [-0.3, -0.25) is 4.90 Å². The Labute approximate surface area is 131 Å². The van der Waals surface area contributed by atoms with Gasteiger partial charge in [-0.25, -0.2) is 0 Å². The average molecular weight is 296 g/mol. The number of likely N-dealkylation sites (tertiary alicyclic amines) is 1. The van der Waals surface area contributed by atoms with Gasteiger partial charge in [0.15, 0.2) is 0 Å². The normalized spacial score (nSPS) is 37.6. The summed E-state index contributed by atoms with van der Waals surface area (Å²) in [5.74, 6) is 0.677. The summed E-state index contributed by atoms with van der Waals surface area (Å²) < 4.78 is 6.04. The van der Waals surface area contributed by atoms with Crippen LogP contribution in [0.5, 0.6) is 0 Å². The molecular weight excluding hydrogens is 260 g/mol. The van der Waals surface area contributed by atoms with Gasteiger partial charge < -0.3 is 10.5 Å². The minimum absolute atomic E-state index is 0.212. The quantitative estimate of drug-likeness (QED) is 0.845. The molecule has 2 rings (SSSR count). The number of rotatable bonds is 5. The Balaban J connectivity index is 2.05. The van der Waals surface area contributed by atoms with E-state index in [0.29, 0.717) is 17.4 Å². The van der Waals surface area contributed by atoms with Crippen molar-refractivity contribution in [3.8, 4) is 0 Å². The molecule has 0 spiro atoms. The maximum atomic E-state index is 6.31. The van der Waals surface area contributed by atoms with Crippen molar-refractivity contribution in [3.63, 3.8) is 0 Å².